The molecule has 7 nitrogen and oxygen atoms in total. The van der Waals surface area contributed by atoms with Gasteiger partial charge < -0.3 is 20.6 Å². The summed E-state index contributed by atoms with van der Waals surface area (Å²) in [6.07, 6.45) is -0.901. The lowest BCUT2D eigenvalue weighted by Gasteiger charge is -2.43. The van der Waals surface area contributed by atoms with E-state index in [1.165, 1.54) is 11.8 Å². The molecule has 0 spiro atoms. The molecule has 1 amide bonds. The second-order valence-corrected chi connectivity index (χ2v) is 8.49. The number of hydrogen-bond acceptors (Lipinski definition) is 6. The van der Waals surface area contributed by atoms with Crippen molar-refractivity contribution in [3.05, 3.63) is 47.7 Å². The standard InChI is InChI=1S/C23H31N5O2/c1-14-6-5-7-21(25-14)26-22-16(3)23(30)28(17(4)29)20-9-8-18(12-19(20)22)27-11-10-24-15(2)13-27/h5-9,12,15-16,22-24,30H,10-11,13H2,1-4H3,(H,25,26)/t15?,16-,22-,23+/m1/s1. The summed E-state index contributed by atoms with van der Waals surface area (Å²) in [5, 5.41) is 17.9. The maximum absolute atomic E-state index is 12.4. The summed E-state index contributed by atoms with van der Waals surface area (Å²) < 4.78 is 0. The molecule has 30 heavy (non-hydrogen) atoms. The molecule has 0 radical (unpaired) electrons. The van der Waals surface area contributed by atoms with Crippen molar-refractivity contribution in [2.75, 3.05) is 34.8 Å². The van der Waals surface area contributed by atoms with E-state index in [2.05, 4.69) is 39.6 Å². The average molecular weight is 410 g/mol. The fourth-order valence-electron chi connectivity index (χ4n) is 4.55. The molecule has 1 aromatic heterocycles. The normalized spacial score (nSPS) is 26.3. The van der Waals surface area contributed by atoms with Gasteiger partial charge in [-0.3, -0.25) is 9.69 Å². The number of rotatable bonds is 3. The van der Waals surface area contributed by atoms with E-state index >= 15 is 0 Å². The van der Waals surface area contributed by atoms with Crippen molar-refractivity contribution in [1.29, 1.82) is 0 Å². The number of aryl methyl sites for hydroxylation is 1. The van der Waals surface area contributed by atoms with Crippen LogP contribution in [-0.2, 0) is 4.79 Å². The Morgan fingerprint density at radius 2 is 2.07 bits per heavy atom. The highest BCUT2D eigenvalue weighted by atomic mass is 16.3. The van der Waals surface area contributed by atoms with Crippen LogP contribution in [0.1, 0.15) is 38.1 Å². The van der Waals surface area contributed by atoms with E-state index in [0.717, 1.165) is 48.1 Å². The number of piperazine rings is 1. The molecule has 4 atom stereocenters. The first-order valence-electron chi connectivity index (χ1n) is 10.7. The summed E-state index contributed by atoms with van der Waals surface area (Å²) >= 11 is 0. The van der Waals surface area contributed by atoms with Gasteiger partial charge in [-0.15, -0.1) is 0 Å². The number of pyridine rings is 1. The Morgan fingerprint density at radius 1 is 1.27 bits per heavy atom. The number of benzene rings is 1. The fourth-order valence-corrected chi connectivity index (χ4v) is 4.55. The highest BCUT2D eigenvalue weighted by molar-refractivity contribution is 5.94. The third-order valence-electron chi connectivity index (χ3n) is 6.13. The largest absolute Gasteiger partial charge is 0.373 e. The Morgan fingerprint density at radius 3 is 2.77 bits per heavy atom. The zero-order valence-corrected chi connectivity index (χ0v) is 18.1. The molecule has 1 fully saturated rings. The summed E-state index contributed by atoms with van der Waals surface area (Å²) in [6.45, 7) is 10.4. The zero-order valence-electron chi connectivity index (χ0n) is 18.1. The number of nitrogens with zero attached hydrogens (tertiary/aromatic N) is 3. The first-order valence-corrected chi connectivity index (χ1v) is 10.7. The van der Waals surface area contributed by atoms with E-state index in [0.29, 0.717) is 6.04 Å². The highest BCUT2D eigenvalue weighted by Crippen LogP contribution is 2.43. The van der Waals surface area contributed by atoms with Gasteiger partial charge in [-0.05, 0) is 44.2 Å². The molecule has 2 aromatic rings. The van der Waals surface area contributed by atoms with E-state index in [-0.39, 0.29) is 17.9 Å². The van der Waals surface area contributed by atoms with E-state index in [1.54, 1.807) is 0 Å². The predicted molar refractivity (Wildman–Crippen MR) is 120 cm³/mol. The van der Waals surface area contributed by atoms with Crippen molar-refractivity contribution in [3.63, 3.8) is 0 Å². The molecule has 0 bridgehead atoms. The second kappa shape index (κ2) is 8.24. The summed E-state index contributed by atoms with van der Waals surface area (Å²) in [6, 6.07) is 12.3. The van der Waals surface area contributed by atoms with Gasteiger partial charge in [0.05, 0.1) is 11.7 Å². The second-order valence-electron chi connectivity index (χ2n) is 8.49. The summed E-state index contributed by atoms with van der Waals surface area (Å²) in [7, 11) is 0. The van der Waals surface area contributed by atoms with Gasteiger partial charge in [-0.2, -0.15) is 0 Å². The minimum atomic E-state index is -0.901. The molecular weight excluding hydrogens is 378 g/mol. The van der Waals surface area contributed by atoms with Gasteiger partial charge in [-0.1, -0.05) is 13.0 Å². The molecule has 1 unspecified atom stereocenters. The Labute approximate surface area is 178 Å². The molecule has 7 heteroatoms. The minimum Gasteiger partial charge on any atom is -0.373 e. The third-order valence-corrected chi connectivity index (χ3v) is 6.13. The number of carbonyl (C=O) groups is 1. The van der Waals surface area contributed by atoms with Crippen LogP contribution in [0, 0.1) is 12.8 Å². The van der Waals surface area contributed by atoms with Crippen LogP contribution in [0.3, 0.4) is 0 Å². The van der Waals surface area contributed by atoms with Gasteiger partial charge in [0, 0.05) is 55.5 Å². The van der Waals surface area contributed by atoms with Crippen molar-refractivity contribution in [2.45, 2.75) is 46.0 Å². The predicted octanol–water partition coefficient (Wildman–Crippen LogP) is 2.66. The number of amides is 1. The van der Waals surface area contributed by atoms with Gasteiger partial charge in [0.2, 0.25) is 5.91 Å². The van der Waals surface area contributed by atoms with Crippen LogP contribution in [0.4, 0.5) is 17.2 Å². The fraction of sp³-hybridized carbons (Fsp3) is 0.478. The topological polar surface area (TPSA) is 80.7 Å². The highest BCUT2D eigenvalue weighted by Gasteiger charge is 2.40. The number of fused-ring (bicyclic) bond motifs is 1. The van der Waals surface area contributed by atoms with Gasteiger partial charge >= 0.3 is 0 Å². The van der Waals surface area contributed by atoms with Gasteiger partial charge in [0.15, 0.2) is 0 Å². The van der Waals surface area contributed by atoms with Gasteiger partial charge in [-0.25, -0.2) is 4.98 Å². The average Bonchev–Trinajstić information content (AvgIpc) is 2.71. The monoisotopic (exact) mass is 409 g/mol. The number of nitrogens with one attached hydrogen (secondary N) is 2. The number of anilines is 3. The molecule has 0 aliphatic carbocycles. The van der Waals surface area contributed by atoms with E-state index < -0.39 is 6.23 Å². The number of aromatic nitrogens is 1. The zero-order chi connectivity index (χ0) is 21.4. The Hall–Kier alpha value is -2.64. The SMILES string of the molecule is CC(=O)N1c2ccc(N3CCNC(C)C3)cc2[C@H](Nc2cccc(C)n2)[C@@H](C)[C@@H]1O. The van der Waals surface area contributed by atoms with Crippen molar-refractivity contribution >= 4 is 23.1 Å². The molecule has 3 N–H and O–H groups in total. The van der Waals surface area contributed by atoms with Crippen LogP contribution in [-0.4, -0.2) is 47.9 Å². The first kappa shape index (κ1) is 20.6. The number of hydrogen-bond donors (Lipinski definition) is 3. The summed E-state index contributed by atoms with van der Waals surface area (Å²) in [5.74, 6) is 0.398. The van der Waals surface area contributed by atoms with Crippen molar-refractivity contribution in [1.82, 2.24) is 10.3 Å². The smallest absolute Gasteiger partial charge is 0.225 e. The van der Waals surface area contributed by atoms with E-state index in [1.807, 2.05) is 38.1 Å². The lowest BCUT2D eigenvalue weighted by atomic mass is 9.86. The molecule has 2 aliphatic heterocycles. The molecule has 1 aromatic carbocycles. The number of aliphatic hydroxyl groups excluding tert-OH is 1. The number of aliphatic hydroxyl groups is 1. The van der Waals surface area contributed by atoms with Crippen LogP contribution in [0.15, 0.2) is 36.4 Å². The molecule has 0 saturated carbocycles. The van der Waals surface area contributed by atoms with Crippen molar-refractivity contribution < 1.29 is 9.90 Å². The Balaban J connectivity index is 1.76. The van der Waals surface area contributed by atoms with Gasteiger partial charge in [0.1, 0.15) is 12.0 Å². The molecule has 2 aliphatic rings. The van der Waals surface area contributed by atoms with Crippen molar-refractivity contribution in [3.8, 4) is 0 Å². The quantitative estimate of drug-likeness (QED) is 0.723. The lowest BCUT2D eigenvalue weighted by Crippen LogP contribution is -2.51. The molecule has 4 rings (SSSR count). The Kier molecular flexibility index (Phi) is 5.66. The van der Waals surface area contributed by atoms with Crippen LogP contribution in [0.25, 0.3) is 0 Å². The Bertz CT molecular complexity index is 934. The minimum absolute atomic E-state index is 0.161. The summed E-state index contributed by atoms with van der Waals surface area (Å²) in [4.78, 5) is 20.8. The van der Waals surface area contributed by atoms with Crippen LogP contribution in [0.5, 0.6) is 0 Å². The third kappa shape index (κ3) is 3.87. The maximum atomic E-state index is 12.4. The summed E-state index contributed by atoms with van der Waals surface area (Å²) in [5.41, 5.74) is 3.83. The van der Waals surface area contributed by atoms with Crippen LogP contribution >= 0.6 is 0 Å². The van der Waals surface area contributed by atoms with E-state index in [9.17, 15) is 9.90 Å². The van der Waals surface area contributed by atoms with Gasteiger partial charge in [0.25, 0.3) is 0 Å². The van der Waals surface area contributed by atoms with Crippen LogP contribution in [0.2, 0.25) is 0 Å². The molecular formula is C23H31N5O2. The van der Waals surface area contributed by atoms with Crippen molar-refractivity contribution in [2.24, 2.45) is 5.92 Å². The first-order chi connectivity index (χ1) is 14.3. The number of carbonyl (C=O) groups excluding carboxylic acids is 1. The lowest BCUT2D eigenvalue weighted by molar-refractivity contribution is -0.119. The van der Waals surface area contributed by atoms with E-state index in [4.69, 9.17) is 0 Å². The molecule has 3 heterocycles. The van der Waals surface area contributed by atoms with Crippen LogP contribution < -0.4 is 20.4 Å². The maximum Gasteiger partial charge on any atom is 0.225 e. The molecule has 1 saturated heterocycles. The molecule has 160 valence electrons.